The summed E-state index contributed by atoms with van der Waals surface area (Å²) in [6.45, 7) is 0.860. The second-order valence-corrected chi connectivity index (χ2v) is 5.60. The summed E-state index contributed by atoms with van der Waals surface area (Å²) in [6.07, 6.45) is -6.45. The minimum absolute atomic E-state index is 0.138. The highest BCUT2D eigenvalue weighted by molar-refractivity contribution is 5.73. The third-order valence-electron chi connectivity index (χ3n) is 3.50. The summed E-state index contributed by atoms with van der Waals surface area (Å²) >= 11 is 0. The predicted molar refractivity (Wildman–Crippen MR) is 87.3 cm³/mol. The number of rotatable bonds is 6. The number of ether oxygens (including phenoxy) is 1. The van der Waals surface area contributed by atoms with Crippen LogP contribution in [0.25, 0.3) is 11.3 Å². The van der Waals surface area contributed by atoms with Crippen molar-refractivity contribution in [2.45, 2.75) is 31.7 Å². The van der Waals surface area contributed by atoms with Gasteiger partial charge >= 0.3 is 12.1 Å². The maximum Gasteiger partial charge on any atom is 0.425 e. The van der Waals surface area contributed by atoms with Gasteiger partial charge in [0.2, 0.25) is 11.8 Å². The monoisotopic (exact) mass is 370 g/mol. The molecule has 0 aliphatic heterocycles. The van der Waals surface area contributed by atoms with Gasteiger partial charge in [0.15, 0.2) is 6.10 Å². The maximum absolute atomic E-state index is 12.6. The molecular weight excluding hydrogens is 353 g/mol. The van der Waals surface area contributed by atoms with E-state index in [1.54, 1.807) is 24.3 Å². The van der Waals surface area contributed by atoms with E-state index in [0.29, 0.717) is 11.1 Å². The summed E-state index contributed by atoms with van der Waals surface area (Å²) in [6, 6.07) is 6.77. The van der Waals surface area contributed by atoms with Crippen LogP contribution in [0.1, 0.15) is 12.5 Å². The van der Waals surface area contributed by atoms with Crippen molar-refractivity contribution in [2.24, 2.45) is 5.73 Å². The number of hydrogen-bond donors (Lipinski definition) is 3. The van der Waals surface area contributed by atoms with Crippen LogP contribution in [0.15, 0.2) is 30.3 Å². The lowest BCUT2D eigenvalue weighted by Crippen LogP contribution is -2.32. The molecule has 140 valence electrons. The standard InChI is InChI=1S/C16H17F3N4O3/c1-8(16(17,18)19)26-13-7-12(22-15(21)23-13)10-4-2-9(3-5-10)6-11(20)14(24)25/h2-5,7-8,11H,6,20H2,1H3,(H,24,25)(H2,21,22,23)/t8?,11-/m0/s1. The van der Waals surface area contributed by atoms with Crippen LogP contribution in [0.3, 0.4) is 0 Å². The van der Waals surface area contributed by atoms with Gasteiger partial charge in [-0.1, -0.05) is 24.3 Å². The largest absolute Gasteiger partial charge is 0.480 e. The number of aromatic nitrogens is 2. The van der Waals surface area contributed by atoms with Gasteiger partial charge in [-0.3, -0.25) is 4.79 Å². The predicted octanol–water partition coefficient (Wildman–Crippen LogP) is 2.01. The Morgan fingerprint density at radius 1 is 1.27 bits per heavy atom. The van der Waals surface area contributed by atoms with Gasteiger partial charge < -0.3 is 21.3 Å². The fraction of sp³-hybridized carbons (Fsp3) is 0.312. The Morgan fingerprint density at radius 3 is 2.42 bits per heavy atom. The minimum atomic E-state index is -4.54. The Labute approximate surface area is 146 Å². The SMILES string of the molecule is CC(Oc1cc(-c2ccc(C[C@H](N)C(=O)O)cc2)nc(N)n1)C(F)(F)F. The van der Waals surface area contributed by atoms with Crippen molar-refractivity contribution in [3.8, 4) is 17.1 Å². The molecule has 2 rings (SSSR count). The molecule has 0 fully saturated rings. The number of benzene rings is 1. The van der Waals surface area contributed by atoms with E-state index in [0.717, 1.165) is 6.92 Å². The van der Waals surface area contributed by atoms with Gasteiger partial charge in [-0.25, -0.2) is 4.98 Å². The summed E-state index contributed by atoms with van der Waals surface area (Å²) in [5.41, 5.74) is 12.5. The quantitative estimate of drug-likeness (QED) is 0.710. The van der Waals surface area contributed by atoms with Crippen LogP contribution in [-0.2, 0) is 11.2 Å². The number of anilines is 1. The third kappa shape index (κ3) is 5.06. The van der Waals surface area contributed by atoms with Crippen molar-refractivity contribution in [1.82, 2.24) is 9.97 Å². The zero-order valence-electron chi connectivity index (χ0n) is 13.7. The van der Waals surface area contributed by atoms with Crippen LogP contribution in [0.2, 0.25) is 0 Å². The van der Waals surface area contributed by atoms with E-state index in [1.165, 1.54) is 6.07 Å². The van der Waals surface area contributed by atoms with Crippen molar-refractivity contribution < 1.29 is 27.8 Å². The minimum Gasteiger partial charge on any atom is -0.480 e. The molecule has 1 heterocycles. The van der Waals surface area contributed by atoms with Crippen LogP contribution < -0.4 is 16.2 Å². The molecule has 0 amide bonds. The molecule has 0 saturated carbocycles. The van der Waals surface area contributed by atoms with E-state index in [9.17, 15) is 18.0 Å². The van der Waals surface area contributed by atoms with Crippen LogP contribution in [0.4, 0.5) is 19.1 Å². The first-order valence-corrected chi connectivity index (χ1v) is 7.52. The van der Waals surface area contributed by atoms with Crippen LogP contribution >= 0.6 is 0 Å². The first-order chi connectivity index (χ1) is 12.1. The van der Waals surface area contributed by atoms with E-state index in [-0.39, 0.29) is 23.9 Å². The van der Waals surface area contributed by atoms with E-state index in [2.05, 4.69) is 9.97 Å². The molecule has 1 aromatic carbocycles. The summed E-state index contributed by atoms with van der Waals surface area (Å²) < 4.78 is 42.6. The molecule has 7 nitrogen and oxygen atoms in total. The fourth-order valence-electron chi connectivity index (χ4n) is 2.05. The molecular formula is C16H17F3N4O3. The Hall–Kier alpha value is -2.88. The van der Waals surface area contributed by atoms with Crippen molar-refractivity contribution in [3.05, 3.63) is 35.9 Å². The van der Waals surface area contributed by atoms with Crippen LogP contribution in [0, 0.1) is 0 Å². The average Bonchev–Trinajstić information content (AvgIpc) is 2.54. The number of carboxylic acids is 1. The van der Waals surface area contributed by atoms with Crippen molar-refractivity contribution in [2.75, 3.05) is 5.73 Å². The number of alkyl halides is 3. The van der Waals surface area contributed by atoms with E-state index in [1.807, 2.05) is 0 Å². The number of aliphatic carboxylic acids is 1. The number of carbonyl (C=O) groups is 1. The van der Waals surface area contributed by atoms with E-state index >= 15 is 0 Å². The number of carboxylic acid groups (broad SMARTS) is 1. The average molecular weight is 370 g/mol. The fourth-order valence-corrected chi connectivity index (χ4v) is 2.05. The summed E-state index contributed by atoms with van der Waals surface area (Å²) in [7, 11) is 0. The molecule has 2 atom stereocenters. The Bertz CT molecular complexity index is 781. The molecule has 0 saturated heterocycles. The van der Waals surface area contributed by atoms with Crippen LogP contribution in [-0.4, -0.2) is 39.4 Å². The molecule has 26 heavy (non-hydrogen) atoms. The summed E-state index contributed by atoms with van der Waals surface area (Å²) in [4.78, 5) is 18.4. The highest BCUT2D eigenvalue weighted by atomic mass is 19.4. The number of nitrogen functional groups attached to an aromatic ring is 1. The Kier molecular flexibility index (Phi) is 5.66. The Morgan fingerprint density at radius 2 is 1.88 bits per heavy atom. The maximum atomic E-state index is 12.6. The molecule has 5 N–H and O–H groups in total. The lowest BCUT2D eigenvalue weighted by atomic mass is 10.0. The number of nitrogens with zero attached hydrogens (tertiary/aromatic N) is 2. The molecule has 10 heteroatoms. The normalized spacial score (nSPS) is 13.9. The number of halogens is 3. The van der Waals surface area contributed by atoms with Gasteiger partial charge in [0.05, 0.1) is 5.69 Å². The summed E-state index contributed by atoms with van der Waals surface area (Å²) in [5.74, 6) is -1.64. The molecule has 0 bridgehead atoms. The topological polar surface area (TPSA) is 124 Å². The van der Waals surface area contributed by atoms with E-state index in [4.69, 9.17) is 21.3 Å². The molecule has 0 aliphatic rings. The molecule has 0 aliphatic carbocycles. The van der Waals surface area contributed by atoms with Gasteiger partial charge in [-0.15, -0.1) is 0 Å². The third-order valence-corrected chi connectivity index (χ3v) is 3.50. The second kappa shape index (κ2) is 7.56. The van der Waals surface area contributed by atoms with Gasteiger partial charge in [0.1, 0.15) is 6.04 Å². The Balaban J connectivity index is 2.22. The van der Waals surface area contributed by atoms with Gasteiger partial charge in [-0.2, -0.15) is 18.2 Å². The number of hydrogen-bond acceptors (Lipinski definition) is 6. The second-order valence-electron chi connectivity index (χ2n) is 5.60. The van der Waals surface area contributed by atoms with Crippen molar-refractivity contribution in [1.29, 1.82) is 0 Å². The lowest BCUT2D eigenvalue weighted by Gasteiger charge is -2.17. The lowest BCUT2D eigenvalue weighted by molar-refractivity contribution is -0.189. The zero-order valence-corrected chi connectivity index (χ0v) is 13.7. The van der Waals surface area contributed by atoms with Crippen molar-refractivity contribution in [3.63, 3.8) is 0 Å². The highest BCUT2D eigenvalue weighted by Crippen LogP contribution is 2.27. The van der Waals surface area contributed by atoms with Crippen LogP contribution in [0.5, 0.6) is 5.88 Å². The molecule has 0 spiro atoms. The molecule has 0 radical (unpaired) electrons. The highest BCUT2D eigenvalue weighted by Gasteiger charge is 2.38. The zero-order chi connectivity index (χ0) is 19.5. The first-order valence-electron chi connectivity index (χ1n) is 7.52. The molecule has 1 unspecified atom stereocenters. The summed E-state index contributed by atoms with van der Waals surface area (Å²) in [5, 5.41) is 8.82. The van der Waals surface area contributed by atoms with Gasteiger partial charge in [0.25, 0.3) is 0 Å². The molecule has 1 aromatic heterocycles. The van der Waals surface area contributed by atoms with Crippen molar-refractivity contribution >= 4 is 11.9 Å². The van der Waals surface area contributed by atoms with Gasteiger partial charge in [0, 0.05) is 11.6 Å². The molecule has 2 aromatic rings. The van der Waals surface area contributed by atoms with Gasteiger partial charge in [-0.05, 0) is 18.9 Å². The van der Waals surface area contributed by atoms with E-state index < -0.39 is 24.3 Å². The number of nitrogens with two attached hydrogens (primary N) is 2. The first kappa shape index (κ1) is 19.4. The smallest absolute Gasteiger partial charge is 0.425 e.